The lowest BCUT2D eigenvalue weighted by atomic mass is 10.2. The second kappa shape index (κ2) is 5.98. The molecule has 0 saturated heterocycles. The highest BCUT2D eigenvalue weighted by Gasteiger charge is 2.07. The smallest absolute Gasteiger partial charge is 0.152 e. The van der Waals surface area contributed by atoms with Crippen LogP contribution in [0.5, 0.6) is 0 Å². The number of rotatable bonds is 6. The van der Waals surface area contributed by atoms with Gasteiger partial charge in [0.1, 0.15) is 0 Å². The number of nitrogens with one attached hydrogen (secondary N) is 1. The second-order valence-corrected chi connectivity index (χ2v) is 4.83. The number of aromatic nitrogens is 1. The van der Waals surface area contributed by atoms with Gasteiger partial charge in [0, 0.05) is 11.4 Å². The van der Waals surface area contributed by atoms with E-state index in [1.807, 2.05) is 12.3 Å². The van der Waals surface area contributed by atoms with Gasteiger partial charge in [-0.15, -0.1) is 11.3 Å². The molecule has 0 radical (unpaired) electrons. The lowest BCUT2D eigenvalue weighted by Crippen LogP contribution is -2.31. The van der Waals surface area contributed by atoms with Crippen LogP contribution in [0.1, 0.15) is 31.0 Å². The van der Waals surface area contributed by atoms with Crippen LogP contribution in [0.25, 0.3) is 0 Å². The molecule has 1 unspecified atom stereocenters. The third-order valence-corrected chi connectivity index (χ3v) is 3.13. The third-order valence-electron chi connectivity index (χ3n) is 2.30. The molecule has 0 bridgehead atoms. The molecule has 0 fully saturated rings. The third kappa shape index (κ3) is 4.53. The number of aryl methyl sites for hydroxylation is 1. The molecule has 0 saturated carbocycles. The van der Waals surface area contributed by atoms with E-state index in [4.69, 9.17) is 0 Å². The van der Waals surface area contributed by atoms with Crippen LogP contribution in [0, 0.1) is 6.92 Å². The minimum absolute atomic E-state index is 0.209. The maximum Gasteiger partial charge on any atom is 0.152 e. The summed E-state index contributed by atoms with van der Waals surface area (Å²) in [4.78, 5) is 15.8. The number of nitrogens with zero attached hydrogens (tertiary/aromatic N) is 1. The van der Waals surface area contributed by atoms with E-state index >= 15 is 0 Å². The van der Waals surface area contributed by atoms with Crippen molar-refractivity contribution < 1.29 is 4.79 Å². The lowest BCUT2D eigenvalue weighted by molar-refractivity contribution is -0.117. The van der Waals surface area contributed by atoms with E-state index in [1.54, 1.807) is 11.3 Å². The van der Waals surface area contributed by atoms with Crippen molar-refractivity contribution in [2.45, 2.75) is 39.7 Å². The molecule has 15 heavy (non-hydrogen) atoms. The van der Waals surface area contributed by atoms with Gasteiger partial charge < -0.3 is 5.32 Å². The summed E-state index contributed by atoms with van der Waals surface area (Å²) >= 11 is 1.59. The molecule has 1 aromatic heterocycles. The van der Waals surface area contributed by atoms with Crippen LogP contribution in [-0.2, 0) is 11.2 Å². The van der Waals surface area contributed by atoms with Crippen LogP contribution in [0.3, 0.4) is 0 Å². The first kappa shape index (κ1) is 12.3. The number of carbonyl (C=O) groups excluding carboxylic acids is 1. The zero-order valence-corrected chi connectivity index (χ0v) is 10.4. The molecule has 1 heterocycles. The molecule has 0 amide bonds. The van der Waals surface area contributed by atoms with Gasteiger partial charge in [0.15, 0.2) is 5.78 Å². The molecule has 0 aromatic carbocycles. The van der Waals surface area contributed by atoms with Crippen molar-refractivity contribution in [3.8, 4) is 0 Å². The fourth-order valence-electron chi connectivity index (χ4n) is 1.19. The fourth-order valence-corrected chi connectivity index (χ4v) is 1.80. The van der Waals surface area contributed by atoms with Gasteiger partial charge in [0.25, 0.3) is 0 Å². The van der Waals surface area contributed by atoms with Crippen LogP contribution in [0.4, 0.5) is 0 Å². The monoisotopic (exact) mass is 226 g/mol. The standard InChI is InChI=1S/C11H18N2OS/c1-4-8(2)12-6-11(14)5-10-7-15-9(3)13-10/h7-8,12H,4-6H2,1-3H3. The van der Waals surface area contributed by atoms with Crippen molar-refractivity contribution >= 4 is 17.1 Å². The summed E-state index contributed by atoms with van der Waals surface area (Å²) in [7, 11) is 0. The molecule has 0 aliphatic heterocycles. The molecule has 1 rings (SSSR count). The van der Waals surface area contributed by atoms with Gasteiger partial charge in [-0.05, 0) is 20.3 Å². The number of hydrogen-bond donors (Lipinski definition) is 1. The average Bonchev–Trinajstić information content (AvgIpc) is 2.60. The SMILES string of the molecule is CCC(C)NCC(=O)Cc1csc(C)n1. The highest BCUT2D eigenvalue weighted by molar-refractivity contribution is 7.09. The Balaban J connectivity index is 2.30. The predicted octanol–water partition coefficient (Wildman–Crippen LogP) is 1.95. The molecular formula is C11H18N2OS. The van der Waals surface area contributed by atoms with Gasteiger partial charge in [-0.2, -0.15) is 0 Å². The van der Waals surface area contributed by atoms with Crippen LogP contribution < -0.4 is 5.32 Å². The molecule has 1 aromatic rings. The number of thiazole rings is 1. The van der Waals surface area contributed by atoms with E-state index in [9.17, 15) is 4.79 Å². The summed E-state index contributed by atoms with van der Waals surface area (Å²) < 4.78 is 0. The van der Waals surface area contributed by atoms with Crippen LogP contribution in [0.15, 0.2) is 5.38 Å². The number of hydrogen-bond acceptors (Lipinski definition) is 4. The maximum atomic E-state index is 11.5. The van der Waals surface area contributed by atoms with Crippen molar-refractivity contribution in [2.24, 2.45) is 0 Å². The van der Waals surface area contributed by atoms with E-state index in [0.29, 0.717) is 19.0 Å². The molecule has 0 aliphatic carbocycles. The molecule has 3 nitrogen and oxygen atoms in total. The van der Waals surface area contributed by atoms with Crippen molar-refractivity contribution in [1.29, 1.82) is 0 Å². The Morgan fingerprint density at radius 3 is 2.93 bits per heavy atom. The van der Waals surface area contributed by atoms with Gasteiger partial charge in [-0.3, -0.25) is 4.79 Å². The summed E-state index contributed by atoms with van der Waals surface area (Å²) in [5, 5.41) is 6.16. The first-order chi connectivity index (χ1) is 7.11. The Bertz CT molecular complexity index is 322. The van der Waals surface area contributed by atoms with Crippen LogP contribution in [0.2, 0.25) is 0 Å². The average molecular weight is 226 g/mol. The van der Waals surface area contributed by atoms with E-state index in [1.165, 1.54) is 0 Å². The Kier molecular flexibility index (Phi) is 4.91. The largest absolute Gasteiger partial charge is 0.307 e. The maximum absolute atomic E-state index is 11.5. The second-order valence-electron chi connectivity index (χ2n) is 3.76. The van der Waals surface area contributed by atoms with Gasteiger partial charge in [-0.25, -0.2) is 4.98 Å². The van der Waals surface area contributed by atoms with Crippen molar-refractivity contribution in [3.05, 3.63) is 16.1 Å². The first-order valence-corrected chi connectivity index (χ1v) is 6.16. The first-order valence-electron chi connectivity index (χ1n) is 5.28. The number of Topliss-reactive ketones (excluding diaryl/α,β-unsaturated/α-hetero) is 1. The summed E-state index contributed by atoms with van der Waals surface area (Å²) in [6.07, 6.45) is 1.50. The zero-order chi connectivity index (χ0) is 11.3. The normalized spacial score (nSPS) is 12.7. The van der Waals surface area contributed by atoms with Crippen LogP contribution >= 0.6 is 11.3 Å². The summed E-state index contributed by atoms with van der Waals surface area (Å²) in [6, 6.07) is 0.408. The molecular weight excluding hydrogens is 208 g/mol. The van der Waals surface area contributed by atoms with E-state index in [0.717, 1.165) is 17.1 Å². The summed E-state index contributed by atoms with van der Waals surface area (Å²) in [6.45, 7) is 6.59. The van der Waals surface area contributed by atoms with Crippen molar-refractivity contribution in [1.82, 2.24) is 10.3 Å². The van der Waals surface area contributed by atoms with Crippen molar-refractivity contribution in [3.63, 3.8) is 0 Å². The van der Waals surface area contributed by atoms with E-state index in [2.05, 4.69) is 24.1 Å². The molecule has 0 spiro atoms. The molecule has 4 heteroatoms. The van der Waals surface area contributed by atoms with E-state index in [-0.39, 0.29) is 5.78 Å². The summed E-state index contributed by atoms with van der Waals surface area (Å²) in [5.41, 5.74) is 0.897. The number of carbonyl (C=O) groups is 1. The number of ketones is 1. The van der Waals surface area contributed by atoms with Gasteiger partial charge in [0.2, 0.25) is 0 Å². The Labute approximate surface area is 94.9 Å². The van der Waals surface area contributed by atoms with Gasteiger partial charge >= 0.3 is 0 Å². The molecule has 1 atom stereocenters. The molecule has 84 valence electrons. The lowest BCUT2D eigenvalue weighted by Gasteiger charge is -2.09. The quantitative estimate of drug-likeness (QED) is 0.806. The Hall–Kier alpha value is -0.740. The van der Waals surface area contributed by atoms with Gasteiger partial charge in [0.05, 0.1) is 23.7 Å². The topological polar surface area (TPSA) is 42.0 Å². The molecule has 0 aliphatic rings. The van der Waals surface area contributed by atoms with E-state index < -0.39 is 0 Å². The Morgan fingerprint density at radius 1 is 1.67 bits per heavy atom. The minimum atomic E-state index is 0.209. The van der Waals surface area contributed by atoms with Crippen LogP contribution in [-0.4, -0.2) is 23.4 Å². The predicted molar refractivity (Wildman–Crippen MR) is 63.3 cm³/mol. The zero-order valence-electron chi connectivity index (χ0n) is 9.54. The molecule has 1 N–H and O–H groups in total. The fraction of sp³-hybridized carbons (Fsp3) is 0.636. The highest BCUT2D eigenvalue weighted by Crippen LogP contribution is 2.08. The Morgan fingerprint density at radius 2 is 2.40 bits per heavy atom. The summed E-state index contributed by atoms with van der Waals surface area (Å²) in [5.74, 6) is 0.209. The van der Waals surface area contributed by atoms with Gasteiger partial charge in [-0.1, -0.05) is 6.92 Å². The minimum Gasteiger partial charge on any atom is -0.307 e. The highest BCUT2D eigenvalue weighted by atomic mass is 32.1. The van der Waals surface area contributed by atoms with Crippen molar-refractivity contribution in [2.75, 3.05) is 6.54 Å².